The maximum absolute atomic E-state index is 12.8. The smallest absolute Gasteiger partial charge is 0.327 e. The zero-order valence-corrected chi connectivity index (χ0v) is 15.1. The number of likely N-dealkylation sites (N-methyl/N-ethyl adjacent to an activating group) is 1. The number of aryl methyl sites for hydroxylation is 1. The summed E-state index contributed by atoms with van der Waals surface area (Å²) in [5, 5.41) is 0. The molecule has 0 N–H and O–H groups in total. The highest BCUT2D eigenvalue weighted by Gasteiger charge is 2.55. The van der Waals surface area contributed by atoms with Crippen LogP contribution < -0.4 is 0 Å². The van der Waals surface area contributed by atoms with Gasteiger partial charge in [-0.25, -0.2) is 4.79 Å². The Hall–Kier alpha value is -2.44. The van der Waals surface area contributed by atoms with Gasteiger partial charge in [0.05, 0.1) is 6.61 Å². The Morgan fingerprint density at radius 2 is 1.88 bits per heavy atom. The van der Waals surface area contributed by atoms with Crippen LogP contribution in [-0.2, 0) is 20.7 Å². The fourth-order valence-electron chi connectivity index (χ4n) is 3.86. The van der Waals surface area contributed by atoms with E-state index in [-0.39, 0.29) is 19.1 Å². The van der Waals surface area contributed by atoms with Crippen molar-refractivity contribution in [3.63, 3.8) is 0 Å². The van der Waals surface area contributed by atoms with E-state index in [0.717, 1.165) is 36.1 Å². The van der Waals surface area contributed by atoms with Gasteiger partial charge in [-0.15, -0.1) is 0 Å². The molecule has 140 valence electrons. The SMILES string of the molecule is CN1C(=O)N(CC(=O)OCCCc2ccncc2)C(=O)C12CCCCC2. The van der Waals surface area contributed by atoms with E-state index in [1.165, 1.54) is 4.90 Å². The number of esters is 1. The molecule has 1 saturated carbocycles. The molecule has 0 unspecified atom stereocenters. The number of nitrogens with zero attached hydrogens (tertiary/aromatic N) is 3. The molecule has 1 spiro atoms. The van der Waals surface area contributed by atoms with Crippen LogP contribution in [0.2, 0.25) is 0 Å². The highest BCUT2D eigenvalue weighted by Crippen LogP contribution is 2.39. The quantitative estimate of drug-likeness (QED) is 0.442. The number of imide groups is 1. The van der Waals surface area contributed by atoms with Gasteiger partial charge in [0, 0.05) is 19.4 Å². The van der Waals surface area contributed by atoms with Crippen LogP contribution in [0.3, 0.4) is 0 Å². The number of carbonyl (C=O) groups excluding carboxylic acids is 3. The molecule has 0 aromatic carbocycles. The van der Waals surface area contributed by atoms with E-state index in [2.05, 4.69) is 4.98 Å². The first kappa shape index (κ1) is 18.4. The molecule has 2 aliphatic rings. The van der Waals surface area contributed by atoms with E-state index in [0.29, 0.717) is 19.3 Å². The number of carbonyl (C=O) groups is 3. The standard InChI is InChI=1S/C19H25N3O4/c1-21-18(25)22(17(24)19(21)9-3-2-4-10-19)14-16(23)26-13-5-6-15-7-11-20-12-8-15/h7-8,11-12H,2-6,9-10,13-14H2,1H3. The van der Waals surface area contributed by atoms with Crippen molar-refractivity contribution in [3.8, 4) is 0 Å². The van der Waals surface area contributed by atoms with Gasteiger partial charge in [-0.1, -0.05) is 19.3 Å². The first-order valence-electron chi connectivity index (χ1n) is 9.19. The lowest BCUT2D eigenvalue weighted by atomic mass is 9.81. The Balaban J connectivity index is 1.49. The number of amides is 3. The molecule has 2 fully saturated rings. The topological polar surface area (TPSA) is 79.8 Å². The molecular formula is C19H25N3O4. The van der Waals surface area contributed by atoms with Crippen LogP contribution in [0, 0.1) is 0 Å². The fourth-order valence-corrected chi connectivity index (χ4v) is 3.86. The molecule has 2 heterocycles. The number of urea groups is 1. The third kappa shape index (κ3) is 3.57. The van der Waals surface area contributed by atoms with E-state index < -0.39 is 17.5 Å². The van der Waals surface area contributed by atoms with Crippen LogP contribution in [0.5, 0.6) is 0 Å². The molecule has 26 heavy (non-hydrogen) atoms. The fraction of sp³-hybridized carbons (Fsp3) is 0.579. The van der Waals surface area contributed by atoms with Crippen molar-refractivity contribution in [1.82, 2.24) is 14.8 Å². The van der Waals surface area contributed by atoms with Gasteiger partial charge in [0.15, 0.2) is 0 Å². The second kappa shape index (κ2) is 7.85. The van der Waals surface area contributed by atoms with Gasteiger partial charge in [0.25, 0.3) is 5.91 Å². The first-order valence-corrected chi connectivity index (χ1v) is 9.19. The van der Waals surface area contributed by atoms with Crippen molar-refractivity contribution >= 4 is 17.9 Å². The Bertz CT molecular complexity index is 671. The Morgan fingerprint density at radius 3 is 2.58 bits per heavy atom. The number of hydrogen-bond acceptors (Lipinski definition) is 5. The molecule has 1 aromatic heterocycles. The summed E-state index contributed by atoms with van der Waals surface area (Å²) in [4.78, 5) is 43.9. The van der Waals surface area contributed by atoms with E-state index in [1.54, 1.807) is 19.4 Å². The lowest BCUT2D eigenvalue weighted by Crippen LogP contribution is -2.49. The molecule has 3 rings (SSSR count). The van der Waals surface area contributed by atoms with Crippen LogP contribution in [0.1, 0.15) is 44.1 Å². The van der Waals surface area contributed by atoms with Crippen LogP contribution in [-0.4, -0.2) is 58.4 Å². The van der Waals surface area contributed by atoms with Crippen LogP contribution in [0.15, 0.2) is 24.5 Å². The zero-order chi connectivity index (χ0) is 18.6. The molecule has 0 atom stereocenters. The zero-order valence-electron chi connectivity index (χ0n) is 15.1. The molecule has 1 aromatic rings. The summed E-state index contributed by atoms with van der Waals surface area (Å²) in [5.41, 5.74) is 0.374. The normalized spacial score (nSPS) is 19.3. The van der Waals surface area contributed by atoms with Crippen molar-refractivity contribution in [2.45, 2.75) is 50.5 Å². The monoisotopic (exact) mass is 359 g/mol. The Morgan fingerprint density at radius 1 is 1.19 bits per heavy atom. The van der Waals surface area contributed by atoms with Gasteiger partial charge in [0.2, 0.25) is 0 Å². The molecule has 1 aliphatic heterocycles. The van der Waals surface area contributed by atoms with Crippen molar-refractivity contribution in [3.05, 3.63) is 30.1 Å². The Kier molecular flexibility index (Phi) is 5.54. The van der Waals surface area contributed by atoms with Crippen molar-refractivity contribution in [2.24, 2.45) is 0 Å². The number of rotatable bonds is 6. The molecule has 1 saturated heterocycles. The van der Waals surface area contributed by atoms with Crippen LogP contribution >= 0.6 is 0 Å². The summed E-state index contributed by atoms with van der Waals surface area (Å²) < 4.78 is 5.21. The second-order valence-electron chi connectivity index (χ2n) is 7.00. The van der Waals surface area contributed by atoms with Gasteiger partial charge in [-0.05, 0) is 43.4 Å². The lowest BCUT2D eigenvalue weighted by molar-refractivity contribution is -0.148. The summed E-state index contributed by atoms with van der Waals surface area (Å²) in [6, 6.07) is 3.44. The number of ether oxygens (including phenoxy) is 1. The highest BCUT2D eigenvalue weighted by atomic mass is 16.5. The van der Waals surface area contributed by atoms with Crippen LogP contribution in [0.4, 0.5) is 4.79 Å². The van der Waals surface area contributed by atoms with Crippen molar-refractivity contribution in [2.75, 3.05) is 20.2 Å². The third-order valence-electron chi connectivity index (χ3n) is 5.39. The van der Waals surface area contributed by atoms with Gasteiger partial charge in [0.1, 0.15) is 12.1 Å². The van der Waals surface area contributed by atoms with Crippen LogP contribution in [0.25, 0.3) is 0 Å². The minimum atomic E-state index is -0.753. The highest BCUT2D eigenvalue weighted by molar-refractivity contribution is 6.08. The number of pyridine rings is 1. The van der Waals surface area contributed by atoms with Crippen molar-refractivity contribution in [1.29, 1.82) is 0 Å². The molecule has 7 nitrogen and oxygen atoms in total. The first-order chi connectivity index (χ1) is 12.5. The maximum atomic E-state index is 12.8. The Labute approximate surface area is 153 Å². The average molecular weight is 359 g/mol. The van der Waals surface area contributed by atoms with Gasteiger partial charge < -0.3 is 9.64 Å². The largest absolute Gasteiger partial charge is 0.464 e. The summed E-state index contributed by atoms with van der Waals surface area (Å²) in [6.07, 6.45) is 9.19. The number of aromatic nitrogens is 1. The van der Waals surface area contributed by atoms with E-state index in [4.69, 9.17) is 4.74 Å². The van der Waals surface area contributed by atoms with E-state index >= 15 is 0 Å². The molecule has 1 aliphatic carbocycles. The molecule has 3 amide bonds. The molecule has 0 bridgehead atoms. The lowest BCUT2D eigenvalue weighted by Gasteiger charge is -2.35. The predicted octanol–water partition coefficient (Wildman–Crippen LogP) is 2.15. The van der Waals surface area contributed by atoms with Gasteiger partial charge in [-0.3, -0.25) is 19.5 Å². The number of hydrogen-bond donors (Lipinski definition) is 0. The van der Waals surface area contributed by atoms with E-state index in [9.17, 15) is 14.4 Å². The minimum absolute atomic E-state index is 0.251. The minimum Gasteiger partial charge on any atom is -0.464 e. The van der Waals surface area contributed by atoms with E-state index in [1.807, 2.05) is 12.1 Å². The predicted molar refractivity (Wildman–Crippen MR) is 94.2 cm³/mol. The summed E-state index contributed by atoms with van der Waals surface area (Å²) in [6.45, 7) is -0.0443. The molecular weight excluding hydrogens is 334 g/mol. The summed E-state index contributed by atoms with van der Waals surface area (Å²) in [5.74, 6) is -0.791. The van der Waals surface area contributed by atoms with Gasteiger partial charge in [-0.2, -0.15) is 0 Å². The maximum Gasteiger partial charge on any atom is 0.327 e. The summed E-state index contributed by atoms with van der Waals surface area (Å²) >= 11 is 0. The van der Waals surface area contributed by atoms with Gasteiger partial charge >= 0.3 is 12.0 Å². The summed E-state index contributed by atoms with van der Waals surface area (Å²) in [7, 11) is 1.66. The van der Waals surface area contributed by atoms with Crippen molar-refractivity contribution < 1.29 is 19.1 Å². The molecule has 0 radical (unpaired) electrons. The third-order valence-corrected chi connectivity index (χ3v) is 5.39. The average Bonchev–Trinajstić information content (AvgIpc) is 2.83. The molecule has 7 heteroatoms. The second-order valence-corrected chi connectivity index (χ2v) is 7.00.